The average Bonchev–Trinajstić information content (AvgIpc) is 2.76. The Hall–Kier alpha value is -0.370. The lowest BCUT2D eigenvalue weighted by molar-refractivity contribution is -0.118. The van der Waals surface area contributed by atoms with Gasteiger partial charge in [-0.05, 0) is 18.8 Å². The van der Waals surface area contributed by atoms with Crippen LogP contribution in [0.4, 0.5) is 0 Å². The molecule has 2 aliphatic carbocycles. The number of Topliss-reactive ketones (excluding diaryl/α,β-unsaturated/α-hetero) is 1. The van der Waals surface area contributed by atoms with Crippen molar-refractivity contribution in [3.63, 3.8) is 0 Å². The van der Waals surface area contributed by atoms with Gasteiger partial charge in [0, 0.05) is 19.4 Å². The highest BCUT2D eigenvalue weighted by Crippen LogP contribution is 2.32. The molecule has 2 saturated carbocycles. The van der Waals surface area contributed by atoms with Gasteiger partial charge in [0.1, 0.15) is 5.78 Å². The van der Waals surface area contributed by atoms with Gasteiger partial charge < -0.3 is 4.74 Å². The van der Waals surface area contributed by atoms with Crippen LogP contribution in [0, 0.1) is 5.92 Å². The minimum atomic E-state index is 0.260. The van der Waals surface area contributed by atoms with Crippen molar-refractivity contribution in [3.05, 3.63) is 0 Å². The lowest BCUT2D eigenvalue weighted by Gasteiger charge is -2.08. The average molecular weight is 168 g/mol. The van der Waals surface area contributed by atoms with Crippen molar-refractivity contribution in [3.8, 4) is 0 Å². The molecule has 2 rings (SSSR count). The van der Waals surface area contributed by atoms with Crippen LogP contribution in [0.3, 0.4) is 0 Å². The number of hydrogen-bond acceptors (Lipinski definition) is 2. The van der Waals surface area contributed by atoms with E-state index in [4.69, 9.17) is 4.74 Å². The van der Waals surface area contributed by atoms with Gasteiger partial charge in [0.2, 0.25) is 0 Å². The van der Waals surface area contributed by atoms with E-state index in [1.807, 2.05) is 0 Å². The van der Waals surface area contributed by atoms with E-state index in [1.54, 1.807) is 0 Å². The van der Waals surface area contributed by atoms with Gasteiger partial charge in [0.15, 0.2) is 0 Å². The van der Waals surface area contributed by atoms with Gasteiger partial charge in [-0.2, -0.15) is 0 Å². The molecule has 0 aromatic heterocycles. The van der Waals surface area contributed by atoms with E-state index in [-0.39, 0.29) is 6.10 Å². The summed E-state index contributed by atoms with van der Waals surface area (Å²) < 4.78 is 5.60. The molecule has 0 saturated heterocycles. The van der Waals surface area contributed by atoms with E-state index in [0.717, 1.165) is 25.4 Å². The van der Waals surface area contributed by atoms with Crippen LogP contribution in [0.25, 0.3) is 0 Å². The van der Waals surface area contributed by atoms with Crippen molar-refractivity contribution < 1.29 is 9.53 Å². The van der Waals surface area contributed by atoms with E-state index in [0.29, 0.717) is 12.2 Å². The van der Waals surface area contributed by atoms with E-state index in [2.05, 4.69) is 0 Å². The summed E-state index contributed by atoms with van der Waals surface area (Å²) in [5.41, 5.74) is 0. The lowest BCUT2D eigenvalue weighted by Crippen LogP contribution is -2.09. The fourth-order valence-electron chi connectivity index (χ4n) is 1.73. The van der Waals surface area contributed by atoms with Crippen LogP contribution in [-0.4, -0.2) is 18.5 Å². The summed E-state index contributed by atoms with van der Waals surface area (Å²) in [7, 11) is 0. The van der Waals surface area contributed by atoms with Crippen molar-refractivity contribution in [2.24, 2.45) is 5.92 Å². The number of rotatable bonds is 4. The quantitative estimate of drug-likeness (QED) is 0.641. The van der Waals surface area contributed by atoms with Crippen molar-refractivity contribution >= 4 is 5.78 Å². The van der Waals surface area contributed by atoms with Crippen LogP contribution in [0.1, 0.15) is 38.5 Å². The first-order chi connectivity index (χ1) is 5.84. The third-order valence-corrected chi connectivity index (χ3v) is 2.78. The minimum Gasteiger partial charge on any atom is -0.378 e. The zero-order valence-corrected chi connectivity index (χ0v) is 7.42. The van der Waals surface area contributed by atoms with Crippen molar-refractivity contribution in [2.75, 3.05) is 6.61 Å². The largest absolute Gasteiger partial charge is 0.378 e. The van der Waals surface area contributed by atoms with E-state index in [1.165, 1.54) is 19.3 Å². The van der Waals surface area contributed by atoms with Crippen LogP contribution in [0.15, 0.2) is 0 Å². The number of hydrogen-bond donors (Lipinski definition) is 0. The van der Waals surface area contributed by atoms with Gasteiger partial charge in [0.05, 0.1) is 6.10 Å². The second-order valence-electron chi connectivity index (χ2n) is 4.01. The molecule has 0 N–H and O–H groups in total. The zero-order chi connectivity index (χ0) is 8.39. The summed E-state index contributed by atoms with van der Waals surface area (Å²) in [4.78, 5) is 10.9. The second kappa shape index (κ2) is 3.56. The van der Waals surface area contributed by atoms with Crippen LogP contribution in [-0.2, 0) is 9.53 Å². The van der Waals surface area contributed by atoms with Gasteiger partial charge in [-0.25, -0.2) is 0 Å². The summed E-state index contributed by atoms with van der Waals surface area (Å²) in [5, 5.41) is 0. The molecule has 2 heteroatoms. The number of carbonyl (C=O) groups excluding carboxylic acids is 1. The zero-order valence-electron chi connectivity index (χ0n) is 7.42. The molecule has 2 fully saturated rings. The Labute approximate surface area is 73.3 Å². The van der Waals surface area contributed by atoms with E-state index >= 15 is 0 Å². The van der Waals surface area contributed by atoms with Gasteiger partial charge in [-0.15, -0.1) is 0 Å². The first-order valence-electron chi connectivity index (χ1n) is 4.98. The molecule has 0 heterocycles. The third kappa shape index (κ3) is 2.31. The second-order valence-corrected chi connectivity index (χ2v) is 4.01. The van der Waals surface area contributed by atoms with Crippen molar-refractivity contribution in [2.45, 2.75) is 44.6 Å². The van der Waals surface area contributed by atoms with E-state index in [9.17, 15) is 4.79 Å². The third-order valence-electron chi connectivity index (χ3n) is 2.78. The SMILES string of the molecule is O=C1CCC(OCCC2CC2)C1. The first-order valence-corrected chi connectivity index (χ1v) is 4.98. The Morgan fingerprint density at radius 3 is 2.75 bits per heavy atom. The van der Waals surface area contributed by atoms with Crippen LogP contribution in [0.5, 0.6) is 0 Å². The van der Waals surface area contributed by atoms with Crippen LogP contribution >= 0.6 is 0 Å². The molecule has 0 aromatic carbocycles. The molecule has 68 valence electrons. The monoisotopic (exact) mass is 168 g/mol. The fourth-order valence-corrected chi connectivity index (χ4v) is 1.73. The Morgan fingerprint density at radius 1 is 1.33 bits per heavy atom. The topological polar surface area (TPSA) is 26.3 Å². The van der Waals surface area contributed by atoms with Crippen molar-refractivity contribution in [1.29, 1.82) is 0 Å². The molecule has 0 spiro atoms. The molecular formula is C10H16O2. The Kier molecular flexibility index (Phi) is 2.45. The highest BCUT2D eigenvalue weighted by Gasteiger charge is 2.24. The number of ketones is 1. The maximum atomic E-state index is 10.9. The minimum absolute atomic E-state index is 0.260. The Morgan fingerprint density at radius 2 is 2.17 bits per heavy atom. The summed E-state index contributed by atoms with van der Waals surface area (Å²) in [5.74, 6) is 1.33. The van der Waals surface area contributed by atoms with Gasteiger partial charge in [-0.1, -0.05) is 12.8 Å². The Bertz CT molecular complexity index is 173. The predicted molar refractivity (Wildman–Crippen MR) is 45.9 cm³/mol. The Balaban J connectivity index is 1.56. The van der Waals surface area contributed by atoms with Crippen molar-refractivity contribution in [1.82, 2.24) is 0 Å². The highest BCUT2D eigenvalue weighted by molar-refractivity contribution is 5.81. The van der Waals surface area contributed by atoms with Gasteiger partial charge in [-0.3, -0.25) is 4.79 Å². The van der Waals surface area contributed by atoms with Gasteiger partial charge in [0.25, 0.3) is 0 Å². The smallest absolute Gasteiger partial charge is 0.135 e. The molecule has 2 nitrogen and oxygen atoms in total. The van der Waals surface area contributed by atoms with Crippen LogP contribution < -0.4 is 0 Å². The predicted octanol–water partition coefficient (Wildman–Crippen LogP) is 1.92. The summed E-state index contributed by atoms with van der Waals surface area (Å²) >= 11 is 0. The molecule has 0 aliphatic heterocycles. The maximum absolute atomic E-state index is 10.9. The molecule has 0 amide bonds. The molecule has 0 bridgehead atoms. The summed E-state index contributed by atoms with van der Waals surface area (Å²) in [6, 6.07) is 0. The molecule has 1 atom stereocenters. The number of ether oxygens (including phenoxy) is 1. The molecule has 0 aromatic rings. The molecule has 2 aliphatic rings. The summed E-state index contributed by atoms with van der Waals surface area (Å²) in [6.07, 6.45) is 6.64. The number of carbonyl (C=O) groups is 1. The molecule has 12 heavy (non-hydrogen) atoms. The maximum Gasteiger partial charge on any atom is 0.135 e. The summed E-state index contributed by atoms with van der Waals surface area (Å²) in [6.45, 7) is 0.878. The highest BCUT2D eigenvalue weighted by atomic mass is 16.5. The lowest BCUT2D eigenvalue weighted by atomic mass is 10.3. The van der Waals surface area contributed by atoms with Crippen LogP contribution in [0.2, 0.25) is 0 Å². The first kappa shape index (κ1) is 8.24. The van der Waals surface area contributed by atoms with Gasteiger partial charge >= 0.3 is 0 Å². The van der Waals surface area contributed by atoms with E-state index < -0.39 is 0 Å². The fraction of sp³-hybridized carbons (Fsp3) is 0.900. The molecular weight excluding hydrogens is 152 g/mol. The molecule has 1 unspecified atom stereocenters. The molecule has 0 radical (unpaired) electrons. The standard InChI is InChI=1S/C10H16O2/c11-9-3-4-10(7-9)12-6-5-8-1-2-8/h8,10H,1-7H2. The normalized spacial score (nSPS) is 29.7.